The van der Waals surface area contributed by atoms with Crippen LogP contribution in [0.5, 0.6) is 0 Å². The van der Waals surface area contributed by atoms with Crippen molar-refractivity contribution in [2.45, 2.75) is 122 Å². The maximum Gasteiger partial charge on any atom is 0.0783 e. The molecule has 0 unspecified atom stereocenters. The van der Waals surface area contributed by atoms with Crippen LogP contribution in [0.3, 0.4) is 0 Å². The van der Waals surface area contributed by atoms with Gasteiger partial charge < -0.3 is 26.6 Å². The van der Waals surface area contributed by atoms with Gasteiger partial charge in [-0.15, -0.1) is 0 Å². The molecule has 0 aromatic rings. The van der Waals surface area contributed by atoms with Crippen LogP contribution in [0.2, 0.25) is 0 Å². The van der Waals surface area contributed by atoms with E-state index in [1.807, 2.05) is 0 Å². The van der Waals surface area contributed by atoms with Crippen molar-refractivity contribution in [3.63, 3.8) is 0 Å². The van der Waals surface area contributed by atoms with Crippen molar-refractivity contribution in [2.75, 3.05) is 27.2 Å². The van der Waals surface area contributed by atoms with Gasteiger partial charge in [0.25, 0.3) is 0 Å². The minimum atomic E-state index is -0.301. The number of unbranched alkanes of at least 4 members (excludes halogenated alkanes) is 9. The number of halogens is 1. The van der Waals surface area contributed by atoms with Gasteiger partial charge in [0, 0.05) is 0 Å². The molecule has 0 heterocycles. The maximum absolute atomic E-state index is 11.5. The fraction of sp³-hybridized carbons (Fsp3) is 1.00. The Hall–Kier alpha value is 0.400. The molecule has 0 saturated heterocycles. The van der Waals surface area contributed by atoms with Gasteiger partial charge >= 0.3 is 0 Å². The summed E-state index contributed by atoms with van der Waals surface area (Å²) in [6, 6.07) is 0. The van der Waals surface area contributed by atoms with Gasteiger partial charge in [0.05, 0.1) is 32.8 Å². The van der Waals surface area contributed by atoms with Crippen LogP contribution in [-0.2, 0) is 0 Å². The number of nitrogens with zero attached hydrogens (tertiary/aromatic N) is 1. The lowest BCUT2D eigenvalue weighted by molar-refractivity contribution is -0.890. The Kier molecular flexibility index (Phi) is 11.2. The molecule has 0 atom stereocenters. The summed E-state index contributed by atoms with van der Waals surface area (Å²) in [5.74, 6) is 3.19. The fourth-order valence-electron chi connectivity index (χ4n) is 7.34. The number of quaternary nitrogens is 1. The van der Waals surface area contributed by atoms with Gasteiger partial charge in [0.2, 0.25) is 0 Å². The SMILES string of the molecule is CCCCCCCCCCCC[N+](C)(C)CCCC1(O)C2CC3CC(C2)CC1C3.[Br-]. The molecule has 178 valence electrons. The second-order valence-electron chi connectivity index (χ2n) is 12.0. The maximum atomic E-state index is 11.5. The zero-order chi connectivity index (χ0) is 20.7. The van der Waals surface area contributed by atoms with E-state index in [1.165, 1.54) is 116 Å². The smallest absolute Gasteiger partial charge is 0.0783 e. The van der Waals surface area contributed by atoms with Gasteiger partial charge in [-0.25, -0.2) is 0 Å². The molecule has 2 nitrogen and oxygen atoms in total. The minimum Gasteiger partial charge on any atom is -1.00 e. The van der Waals surface area contributed by atoms with E-state index in [1.54, 1.807) is 0 Å². The van der Waals surface area contributed by atoms with Crippen molar-refractivity contribution in [3.8, 4) is 0 Å². The Balaban J connectivity index is 0.00000320. The Bertz CT molecular complexity index is 449. The second kappa shape index (κ2) is 12.6. The quantitative estimate of drug-likeness (QED) is 0.275. The van der Waals surface area contributed by atoms with E-state index in [9.17, 15) is 5.11 Å². The van der Waals surface area contributed by atoms with Crippen molar-refractivity contribution in [1.82, 2.24) is 0 Å². The first-order chi connectivity index (χ1) is 13.9. The summed E-state index contributed by atoms with van der Waals surface area (Å²) in [4.78, 5) is 0. The highest BCUT2D eigenvalue weighted by molar-refractivity contribution is 5.06. The third-order valence-electron chi connectivity index (χ3n) is 9.01. The van der Waals surface area contributed by atoms with E-state index >= 15 is 0 Å². The lowest BCUT2D eigenvalue weighted by Gasteiger charge is -2.59. The summed E-state index contributed by atoms with van der Waals surface area (Å²) in [7, 11) is 4.82. The number of rotatable bonds is 15. The van der Waals surface area contributed by atoms with E-state index in [2.05, 4.69) is 21.0 Å². The first-order valence-corrected chi connectivity index (χ1v) is 13.5. The molecule has 4 aliphatic carbocycles. The number of hydrogen-bond acceptors (Lipinski definition) is 1. The summed E-state index contributed by atoms with van der Waals surface area (Å²) in [6.07, 6.45) is 23.3. The molecule has 4 saturated carbocycles. The van der Waals surface area contributed by atoms with Gasteiger partial charge in [-0.3, -0.25) is 0 Å². The number of aliphatic hydroxyl groups is 1. The van der Waals surface area contributed by atoms with Crippen molar-refractivity contribution in [3.05, 3.63) is 0 Å². The minimum absolute atomic E-state index is 0. The third kappa shape index (κ3) is 7.48. The molecule has 0 aliphatic heterocycles. The molecular weight excluding hydrogens is 434 g/mol. The van der Waals surface area contributed by atoms with Crippen LogP contribution in [0.1, 0.15) is 116 Å². The lowest BCUT2D eigenvalue weighted by Crippen LogP contribution is -3.00. The summed E-state index contributed by atoms with van der Waals surface area (Å²) < 4.78 is 1.15. The average Bonchev–Trinajstić information content (AvgIpc) is 2.67. The largest absolute Gasteiger partial charge is 1.00 e. The molecule has 0 amide bonds. The molecule has 0 aromatic carbocycles. The third-order valence-corrected chi connectivity index (χ3v) is 9.01. The normalized spacial score (nSPS) is 32.4. The van der Waals surface area contributed by atoms with Crippen LogP contribution in [0.4, 0.5) is 0 Å². The molecule has 4 fully saturated rings. The Morgan fingerprint density at radius 3 is 1.60 bits per heavy atom. The zero-order valence-electron chi connectivity index (χ0n) is 20.5. The van der Waals surface area contributed by atoms with Gasteiger partial charge in [-0.1, -0.05) is 58.3 Å². The molecule has 4 bridgehead atoms. The predicted octanol–water partition coefficient (Wildman–Crippen LogP) is 3.96. The first kappa shape index (κ1) is 26.7. The Morgan fingerprint density at radius 1 is 0.667 bits per heavy atom. The van der Waals surface area contributed by atoms with Crippen LogP contribution in [0.25, 0.3) is 0 Å². The number of hydrogen-bond donors (Lipinski definition) is 1. The summed E-state index contributed by atoms with van der Waals surface area (Å²) in [6.45, 7) is 4.85. The van der Waals surface area contributed by atoms with Crippen LogP contribution >= 0.6 is 0 Å². The van der Waals surface area contributed by atoms with Crippen molar-refractivity contribution < 1.29 is 26.6 Å². The average molecular weight is 487 g/mol. The van der Waals surface area contributed by atoms with E-state index in [0.29, 0.717) is 11.8 Å². The van der Waals surface area contributed by atoms with Gasteiger partial charge in [0.15, 0.2) is 0 Å². The molecule has 30 heavy (non-hydrogen) atoms. The predicted molar refractivity (Wildman–Crippen MR) is 125 cm³/mol. The Labute approximate surface area is 198 Å². The lowest BCUT2D eigenvalue weighted by atomic mass is 9.49. The monoisotopic (exact) mass is 485 g/mol. The van der Waals surface area contributed by atoms with E-state index in [-0.39, 0.29) is 22.6 Å². The van der Waals surface area contributed by atoms with E-state index in [0.717, 1.165) is 22.7 Å². The molecule has 1 N–H and O–H groups in total. The summed E-state index contributed by atoms with van der Waals surface area (Å²) in [5, 5.41) is 11.5. The summed E-state index contributed by atoms with van der Waals surface area (Å²) >= 11 is 0. The molecule has 0 spiro atoms. The fourth-order valence-corrected chi connectivity index (χ4v) is 7.34. The van der Waals surface area contributed by atoms with Gasteiger partial charge in [-0.2, -0.15) is 0 Å². The highest BCUT2D eigenvalue weighted by Crippen LogP contribution is 2.59. The highest BCUT2D eigenvalue weighted by atomic mass is 79.9. The molecule has 4 aliphatic rings. The first-order valence-electron chi connectivity index (χ1n) is 13.5. The van der Waals surface area contributed by atoms with Crippen LogP contribution < -0.4 is 17.0 Å². The zero-order valence-corrected chi connectivity index (χ0v) is 22.1. The highest BCUT2D eigenvalue weighted by Gasteiger charge is 2.55. The van der Waals surface area contributed by atoms with Crippen molar-refractivity contribution >= 4 is 0 Å². The van der Waals surface area contributed by atoms with Crippen LogP contribution in [0, 0.1) is 23.7 Å². The van der Waals surface area contributed by atoms with Crippen LogP contribution in [-0.4, -0.2) is 42.4 Å². The molecule has 4 rings (SSSR count). The van der Waals surface area contributed by atoms with Crippen molar-refractivity contribution in [2.24, 2.45) is 23.7 Å². The van der Waals surface area contributed by atoms with Crippen molar-refractivity contribution in [1.29, 1.82) is 0 Å². The van der Waals surface area contributed by atoms with E-state index in [4.69, 9.17) is 0 Å². The molecule has 3 heteroatoms. The van der Waals surface area contributed by atoms with E-state index < -0.39 is 0 Å². The molecule has 0 radical (unpaired) electrons. The standard InChI is InChI=1S/C27H52NO.BrH/c1-4-5-6-7-8-9-10-11-12-13-16-28(2,3)17-14-15-27(29)25-19-23-18-24(21-25)22-26(27)20-23;/h23-26,29H,4-22H2,1-3H3;1H/q+1;/p-1. The Morgan fingerprint density at radius 2 is 1.10 bits per heavy atom. The molecular formula is C27H52BrNO. The summed E-state index contributed by atoms with van der Waals surface area (Å²) in [5.41, 5.74) is -0.301. The topological polar surface area (TPSA) is 20.2 Å². The second-order valence-corrected chi connectivity index (χ2v) is 12.0. The van der Waals surface area contributed by atoms with Gasteiger partial charge in [-0.05, 0) is 81.5 Å². The van der Waals surface area contributed by atoms with Gasteiger partial charge in [0.1, 0.15) is 0 Å². The van der Waals surface area contributed by atoms with Crippen LogP contribution in [0.15, 0.2) is 0 Å². The molecule has 0 aromatic heterocycles.